The number of aromatic nitrogens is 1. The number of carboxylic acid groups (broad SMARTS) is 2. The summed E-state index contributed by atoms with van der Waals surface area (Å²) in [6.45, 7) is 0. The monoisotopic (exact) mass is 902 g/mol. The van der Waals surface area contributed by atoms with Crippen molar-refractivity contribution in [2.45, 2.75) is 87.6 Å². The van der Waals surface area contributed by atoms with Crippen LogP contribution in [0.4, 0.5) is 0 Å². The van der Waals surface area contributed by atoms with Crippen LogP contribution in [0.3, 0.4) is 0 Å². The smallest absolute Gasteiger partial charge is 0.326 e. The predicted molar refractivity (Wildman–Crippen MR) is 238 cm³/mol. The number of phenols is 1. The third-order valence-corrected chi connectivity index (χ3v) is 10.8. The molecule has 0 aliphatic heterocycles. The number of H-pyrrole nitrogens is 1. The van der Waals surface area contributed by atoms with Crippen molar-refractivity contribution in [3.8, 4) is 5.75 Å². The molecule has 1 heterocycles. The van der Waals surface area contributed by atoms with Gasteiger partial charge < -0.3 is 58.4 Å². The molecule has 1 aromatic heterocycles. The van der Waals surface area contributed by atoms with E-state index in [0.29, 0.717) is 27.8 Å². The number of hydrogen-bond donors (Lipinski definition) is 11. The average molecular weight is 903 g/mol. The van der Waals surface area contributed by atoms with E-state index in [1.54, 1.807) is 67.0 Å². The second-order valence-corrected chi connectivity index (χ2v) is 16.1. The van der Waals surface area contributed by atoms with Crippen molar-refractivity contribution in [2.24, 2.45) is 11.5 Å². The van der Waals surface area contributed by atoms with Gasteiger partial charge in [-0.15, -0.1) is 0 Å². The number of carboxylic acids is 2. The predicted octanol–water partition coefficient (Wildman–Crippen LogP) is 0.621. The highest BCUT2D eigenvalue weighted by Crippen LogP contribution is 2.20. The van der Waals surface area contributed by atoms with Crippen molar-refractivity contribution in [1.29, 1.82) is 0 Å². The molecule has 19 nitrogen and oxygen atoms in total. The van der Waals surface area contributed by atoms with Gasteiger partial charge >= 0.3 is 11.9 Å². The third-order valence-electron chi connectivity index (χ3n) is 10.2. The Bertz CT molecular complexity index is 2260. The zero-order chi connectivity index (χ0) is 46.8. The van der Waals surface area contributed by atoms with Crippen LogP contribution in [-0.2, 0) is 57.6 Å². The molecule has 0 saturated carbocycles. The van der Waals surface area contributed by atoms with Gasteiger partial charge in [-0.25, -0.2) is 4.79 Å². The molecule has 20 heteroatoms. The zero-order valence-electron chi connectivity index (χ0n) is 35.1. The number of para-hydroxylation sites is 1. The summed E-state index contributed by atoms with van der Waals surface area (Å²) in [6, 6.07) is 13.4. The lowest BCUT2D eigenvalue weighted by Crippen LogP contribution is -2.60. The summed E-state index contributed by atoms with van der Waals surface area (Å²) in [5.74, 6) is -7.23. The number of aromatic hydroxyl groups is 1. The minimum atomic E-state index is -1.57. The minimum absolute atomic E-state index is 0.000877. The molecular formula is C44H54N8O11S. The zero-order valence-corrected chi connectivity index (χ0v) is 35.9. The molecule has 0 fully saturated rings. The molecule has 0 bridgehead atoms. The number of carbonyl (C=O) groups is 8. The fourth-order valence-corrected chi connectivity index (χ4v) is 7.17. The Kier molecular flexibility index (Phi) is 19.1. The summed E-state index contributed by atoms with van der Waals surface area (Å²) >= 11 is 1.38. The van der Waals surface area contributed by atoms with Crippen molar-refractivity contribution in [3.63, 3.8) is 0 Å². The topological polar surface area (TPSA) is 325 Å². The first kappa shape index (κ1) is 49.7. The number of primary amides is 1. The summed E-state index contributed by atoms with van der Waals surface area (Å²) in [4.78, 5) is 108. The maximum absolute atomic E-state index is 14.3. The van der Waals surface area contributed by atoms with Gasteiger partial charge in [-0.2, -0.15) is 11.8 Å². The standard InChI is InChI=1S/C44H54N8O11S/c1-64-20-19-33(49-42(60)34(21-25-7-3-2-4-8-25)50-39(57)30(45)15-17-37(46)54)41(59)51-35(23-27-24-47-31-10-6-5-9-29(27)31)43(61)48-32(16-18-38(55)56)40(58)52-36(44(62)63)22-26-11-13-28(53)14-12-26/h2-14,24,30,32-36,47,53H,15-23,45H2,1H3,(H2,46,54)(H,48,61)(H,49,60)(H,50,57)(H,51,59)(H,52,58)(H,55,56)(H,62,63)/t30-,32-,33-,34-,35-,36-/m0/s1. The van der Waals surface area contributed by atoms with E-state index >= 15 is 0 Å². The summed E-state index contributed by atoms with van der Waals surface area (Å²) < 4.78 is 0. The van der Waals surface area contributed by atoms with Crippen LogP contribution in [0.1, 0.15) is 48.8 Å². The number of nitrogens with two attached hydrogens (primary N) is 2. The van der Waals surface area contributed by atoms with Gasteiger partial charge in [-0.1, -0.05) is 60.7 Å². The van der Waals surface area contributed by atoms with Crippen LogP contribution < -0.4 is 38.1 Å². The first-order valence-electron chi connectivity index (χ1n) is 20.4. The van der Waals surface area contributed by atoms with Gasteiger partial charge in [0.15, 0.2) is 0 Å². The molecule has 6 atom stereocenters. The number of thioether (sulfide) groups is 1. The first-order valence-corrected chi connectivity index (χ1v) is 21.8. The van der Waals surface area contributed by atoms with E-state index < -0.39 is 96.5 Å². The second kappa shape index (κ2) is 24.6. The number of amides is 6. The van der Waals surface area contributed by atoms with E-state index in [1.165, 1.54) is 36.0 Å². The van der Waals surface area contributed by atoms with Gasteiger partial charge in [0, 0.05) is 49.2 Å². The normalized spacial score (nSPS) is 13.8. The molecule has 4 aromatic rings. The number of phenolic OH excluding ortho intramolecular Hbond substituents is 1. The third kappa shape index (κ3) is 15.8. The molecule has 64 heavy (non-hydrogen) atoms. The van der Waals surface area contributed by atoms with Crippen molar-refractivity contribution < 1.29 is 53.7 Å². The maximum Gasteiger partial charge on any atom is 0.326 e. The maximum atomic E-state index is 14.3. The lowest BCUT2D eigenvalue weighted by Gasteiger charge is -2.27. The molecule has 342 valence electrons. The number of nitrogens with one attached hydrogen (secondary N) is 6. The largest absolute Gasteiger partial charge is 0.508 e. The molecule has 6 amide bonds. The van der Waals surface area contributed by atoms with Crippen molar-refractivity contribution >= 4 is 70.0 Å². The molecule has 0 unspecified atom stereocenters. The molecule has 0 radical (unpaired) electrons. The SMILES string of the molecule is CSCC[C@H](NC(=O)[C@H](Cc1ccccc1)NC(=O)[C@@H](N)CCC(N)=O)C(=O)N[C@@H](Cc1c[nH]c2ccccc12)C(=O)N[C@@H](CCC(=O)O)C(=O)N[C@@H](Cc1ccc(O)cc1)C(=O)O. The van der Waals surface area contributed by atoms with E-state index in [2.05, 4.69) is 31.6 Å². The fourth-order valence-electron chi connectivity index (χ4n) is 6.69. The van der Waals surface area contributed by atoms with Gasteiger partial charge in [-0.3, -0.25) is 33.6 Å². The van der Waals surface area contributed by atoms with Crippen LogP contribution in [0.2, 0.25) is 0 Å². The fraction of sp³-hybridized carbons (Fsp3) is 0.364. The highest BCUT2D eigenvalue weighted by atomic mass is 32.2. The van der Waals surface area contributed by atoms with Crippen LogP contribution in [0.25, 0.3) is 10.9 Å². The van der Waals surface area contributed by atoms with Gasteiger partial charge in [0.1, 0.15) is 36.0 Å². The lowest BCUT2D eigenvalue weighted by atomic mass is 10.0. The van der Waals surface area contributed by atoms with E-state index in [1.807, 2.05) is 0 Å². The van der Waals surface area contributed by atoms with Crippen molar-refractivity contribution in [1.82, 2.24) is 31.6 Å². The van der Waals surface area contributed by atoms with Gasteiger partial charge in [0.25, 0.3) is 0 Å². The van der Waals surface area contributed by atoms with E-state index in [-0.39, 0.29) is 44.3 Å². The highest BCUT2D eigenvalue weighted by Gasteiger charge is 2.34. The van der Waals surface area contributed by atoms with Crippen LogP contribution >= 0.6 is 11.8 Å². The molecule has 3 aromatic carbocycles. The van der Waals surface area contributed by atoms with E-state index in [0.717, 1.165) is 5.52 Å². The molecule has 0 aliphatic carbocycles. The van der Waals surface area contributed by atoms with E-state index in [9.17, 15) is 53.7 Å². The summed E-state index contributed by atoms with van der Waals surface area (Å²) in [5, 5.41) is 42.8. The van der Waals surface area contributed by atoms with Gasteiger partial charge in [0.05, 0.1) is 6.04 Å². The Hall–Kier alpha value is -6.93. The van der Waals surface area contributed by atoms with Crippen molar-refractivity contribution in [3.05, 3.63) is 102 Å². The van der Waals surface area contributed by atoms with Crippen molar-refractivity contribution in [2.75, 3.05) is 12.0 Å². The van der Waals surface area contributed by atoms with Crippen LogP contribution in [0.15, 0.2) is 85.1 Å². The average Bonchev–Trinajstić information content (AvgIpc) is 3.67. The minimum Gasteiger partial charge on any atom is -0.508 e. The van der Waals surface area contributed by atoms with Crippen LogP contribution in [-0.4, -0.2) is 116 Å². The molecule has 4 rings (SSSR count). The van der Waals surface area contributed by atoms with Crippen LogP contribution in [0, 0.1) is 0 Å². The number of benzene rings is 3. The quantitative estimate of drug-likeness (QED) is 0.0412. The Morgan fingerprint density at radius 2 is 1.12 bits per heavy atom. The second-order valence-electron chi connectivity index (χ2n) is 15.1. The van der Waals surface area contributed by atoms with Gasteiger partial charge in [0.2, 0.25) is 35.4 Å². The Balaban J connectivity index is 1.62. The number of aromatic amines is 1. The number of rotatable bonds is 26. The Morgan fingerprint density at radius 3 is 1.73 bits per heavy atom. The molecule has 0 aliphatic rings. The number of hydrogen-bond acceptors (Lipinski definition) is 11. The molecule has 0 saturated heterocycles. The van der Waals surface area contributed by atoms with Crippen LogP contribution in [0.5, 0.6) is 5.75 Å². The lowest BCUT2D eigenvalue weighted by molar-refractivity contribution is -0.143. The molecular weight excluding hydrogens is 849 g/mol. The number of carbonyl (C=O) groups excluding carboxylic acids is 6. The Labute approximate surface area is 372 Å². The summed E-state index contributed by atoms with van der Waals surface area (Å²) in [5.41, 5.74) is 13.7. The Morgan fingerprint density at radius 1 is 0.609 bits per heavy atom. The summed E-state index contributed by atoms with van der Waals surface area (Å²) in [6.07, 6.45) is 1.89. The van der Waals surface area contributed by atoms with E-state index in [4.69, 9.17) is 11.5 Å². The highest BCUT2D eigenvalue weighted by molar-refractivity contribution is 7.98. The first-order chi connectivity index (χ1) is 30.5. The molecule has 0 spiro atoms. The number of fused-ring (bicyclic) bond motifs is 1. The molecule has 13 N–H and O–H groups in total. The van der Waals surface area contributed by atoms with Gasteiger partial charge in [-0.05, 0) is 66.2 Å². The summed E-state index contributed by atoms with van der Waals surface area (Å²) in [7, 11) is 0. The number of aliphatic carboxylic acids is 2.